The fraction of sp³-hybridized carbons (Fsp3) is 0.692. The Balaban J connectivity index is 2.11. The predicted octanol–water partition coefficient (Wildman–Crippen LogP) is 1.48. The Labute approximate surface area is 137 Å². The van der Waals surface area contributed by atoms with E-state index < -0.39 is 28.8 Å². The van der Waals surface area contributed by atoms with E-state index in [-0.39, 0.29) is 17.3 Å². The van der Waals surface area contributed by atoms with Crippen molar-refractivity contribution in [3.8, 4) is 0 Å². The van der Waals surface area contributed by atoms with Gasteiger partial charge in [0.1, 0.15) is 10.3 Å². The van der Waals surface area contributed by atoms with Gasteiger partial charge in [0.05, 0.1) is 0 Å². The minimum absolute atomic E-state index is 0.0498. The summed E-state index contributed by atoms with van der Waals surface area (Å²) in [5.41, 5.74) is 0.810. The Bertz CT molecular complexity index is 618. The molecule has 2 rings (SSSR count). The number of nitrogens with one attached hydrogen (secondary N) is 2. The molecule has 0 aliphatic carbocycles. The van der Waals surface area contributed by atoms with Gasteiger partial charge in [0.2, 0.25) is 10.0 Å². The second-order valence-corrected chi connectivity index (χ2v) is 8.75. The van der Waals surface area contributed by atoms with Gasteiger partial charge in [-0.15, -0.1) is 11.3 Å². The van der Waals surface area contributed by atoms with Crippen LogP contribution in [-0.4, -0.2) is 58.3 Å². The Morgan fingerprint density at radius 3 is 2.43 bits per heavy atom. The molecule has 1 unspecified atom stereocenters. The Kier molecular flexibility index (Phi) is 5.72. The third kappa shape index (κ3) is 4.66. The molecule has 1 atom stereocenters. The van der Waals surface area contributed by atoms with E-state index in [2.05, 4.69) is 10.0 Å². The second kappa shape index (κ2) is 7.06. The average Bonchev–Trinajstić information content (AvgIpc) is 2.79. The fourth-order valence-electron chi connectivity index (χ4n) is 2.38. The lowest BCUT2D eigenvalue weighted by atomic mass is 10.2. The van der Waals surface area contributed by atoms with Crippen molar-refractivity contribution in [2.75, 3.05) is 32.7 Å². The van der Waals surface area contributed by atoms with Crippen LogP contribution in [0.3, 0.4) is 0 Å². The highest BCUT2D eigenvalue weighted by Crippen LogP contribution is 2.27. The number of rotatable bonds is 5. The highest BCUT2D eigenvalue weighted by atomic mass is 32.2. The summed E-state index contributed by atoms with van der Waals surface area (Å²) in [5.74, 6) is 0. The quantitative estimate of drug-likeness (QED) is 0.823. The van der Waals surface area contributed by atoms with Crippen molar-refractivity contribution in [1.29, 1.82) is 0 Å². The fourth-order valence-corrected chi connectivity index (χ4v) is 4.98. The molecule has 1 saturated heterocycles. The third-order valence-corrected chi connectivity index (χ3v) is 6.89. The molecule has 0 bridgehead atoms. The van der Waals surface area contributed by atoms with Gasteiger partial charge in [-0.05, 0) is 25.5 Å². The molecule has 1 aromatic heterocycles. The van der Waals surface area contributed by atoms with Gasteiger partial charge in [-0.25, -0.2) is 13.1 Å². The normalized spacial score (nSPS) is 19.0. The zero-order valence-corrected chi connectivity index (χ0v) is 14.5. The SMILES string of the molecule is Cc1cc(S(=O)(=O)NCC(N2CCNCC2)C(F)(F)F)sc1C. The van der Waals surface area contributed by atoms with Gasteiger partial charge in [0, 0.05) is 37.6 Å². The van der Waals surface area contributed by atoms with Crippen molar-refractivity contribution in [3.05, 3.63) is 16.5 Å². The van der Waals surface area contributed by atoms with Crippen LogP contribution in [0.5, 0.6) is 0 Å². The summed E-state index contributed by atoms with van der Waals surface area (Å²) >= 11 is 1.06. The molecule has 2 N–H and O–H groups in total. The molecule has 132 valence electrons. The molecule has 0 spiro atoms. The molecule has 5 nitrogen and oxygen atoms in total. The summed E-state index contributed by atoms with van der Waals surface area (Å²) < 4.78 is 66.4. The summed E-state index contributed by atoms with van der Waals surface area (Å²) in [6.07, 6.45) is -4.48. The summed E-state index contributed by atoms with van der Waals surface area (Å²) in [5, 5.41) is 2.98. The Morgan fingerprint density at radius 2 is 1.96 bits per heavy atom. The Hall–Kier alpha value is -0.680. The number of aryl methyl sites for hydroxylation is 2. The van der Waals surface area contributed by atoms with Crippen LogP contribution in [0.4, 0.5) is 13.2 Å². The zero-order valence-electron chi connectivity index (χ0n) is 12.9. The number of hydrogen-bond acceptors (Lipinski definition) is 5. The van der Waals surface area contributed by atoms with Gasteiger partial charge in [-0.1, -0.05) is 0 Å². The molecule has 0 radical (unpaired) electrons. The maximum atomic E-state index is 13.3. The maximum Gasteiger partial charge on any atom is 0.405 e. The molecular formula is C13H20F3N3O2S2. The van der Waals surface area contributed by atoms with Gasteiger partial charge in [-0.3, -0.25) is 4.90 Å². The van der Waals surface area contributed by atoms with Crippen LogP contribution in [0, 0.1) is 13.8 Å². The standard InChI is InChI=1S/C13H20F3N3O2S2/c1-9-7-12(22-10(9)2)23(20,21)18-8-11(13(14,15)16)19-5-3-17-4-6-19/h7,11,17-18H,3-6,8H2,1-2H3. The van der Waals surface area contributed by atoms with Crippen molar-refractivity contribution < 1.29 is 21.6 Å². The van der Waals surface area contributed by atoms with E-state index in [1.54, 1.807) is 13.8 Å². The van der Waals surface area contributed by atoms with Crippen LogP contribution in [0.25, 0.3) is 0 Å². The first kappa shape index (κ1) is 18.7. The first-order valence-electron chi connectivity index (χ1n) is 7.19. The van der Waals surface area contributed by atoms with Crippen molar-refractivity contribution in [3.63, 3.8) is 0 Å². The highest BCUT2D eigenvalue weighted by Gasteiger charge is 2.44. The van der Waals surface area contributed by atoms with E-state index in [4.69, 9.17) is 0 Å². The van der Waals surface area contributed by atoms with Crippen LogP contribution in [-0.2, 0) is 10.0 Å². The van der Waals surface area contributed by atoms with Crippen molar-refractivity contribution in [2.45, 2.75) is 30.3 Å². The predicted molar refractivity (Wildman–Crippen MR) is 83.3 cm³/mol. The molecule has 1 aliphatic rings. The second-order valence-electron chi connectivity index (χ2n) is 5.50. The van der Waals surface area contributed by atoms with E-state index in [9.17, 15) is 21.6 Å². The van der Waals surface area contributed by atoms with Crippen molar-refractivity contribution >= 4 is 21.4 Å². The lowest BCUT2D eigenvalue weighted by molar-refractivity contribution is -0.182. The van der Waals surface area contributed by atoms with Crippen LogP contribution >= 0.6 is 11.3 Å². The largest absolute Gasteiger partial charge is 0.405 e. The third-order valence-electron chi connectivity index (χ3n) is 3.85. The van der Waals surface area contributed by atoms with E-state index in [1.807, 2.05) is 0 Å². The topological polar surface area (TPSA) is 61.4 Å². The van der Waals surface area contributed by atoms with Crippen LogP contribution < -0.4 is 10.0 Å². The molecule has 0 amide bonds. The molecule has 1 aromatic rings. The monoisotopic (exact) mass is 371 g/mol. The average molecular weight is 371 g/mol. The van der Waals surface area contributed by atoms with Crippen LogP contribution in [0.15, 0.2) is 10.3 Å². The summed E-state index contributed by atoms with van der Waals surface area (Å²) in [6.45, 7) is 4.27. The minimum Gasteiger partial charge on any atom is -0.314 e. The number of alkyl halides is 3. The van der Waals surface area contributed by atoms with Crippen molar-refractivity contribution in [1.82, 2.24) is 14.9 Å². The Morgan fingerprint density at radius 1 is 1.35 bits per heavy atom. The molecule has 1 aliphatic heterocycles. The molecular weight excluding hydrogens is 351 g/mol. The van der Waals surface area contributed by atoms with Crippen LogP contribution in [0.2, 0.25) is 0 Å². The van der Waals surface area contributed by atoms with E-state index in [0.29, 0.717) is 13.1 Å². The first-order valence-corrected chi connectivity index (χ1v) is 9.49. The highest BCUT2D eigenvalue weighted by molar-refractivity contribution is 7.91. The van der Waals surface area contributed by atoms with Crippen LogP contribution in [0.1, 0.15) is 10.4 Å². The number of nitrogens with zero attached hydrogens (tertiary/aromatic N) is 1. The van der Waals surface area contributed by atoms with E-state index >= 15 is 0 Å². The summed E-state index contributed by atoms with van der Waals surface area (Å²) in [7, 11) is -3.93. The zero-order chi connectivity index (χ0) is 17.3. The summed E-state index contributed by atoms with van der Waals surface area (Å²) in [4.78, 5) is 2.10. The van der Waals surface area contributed by atoms with Gasteiger partial charge < -0.3 is 5.32 Å². The molecule has 1 fully saturated rings. The molecule has 0 saturated carbocycles. The summed E-state index contributed by atoms with van der Waals surface area (Å²) in [6, 6.07) is -0.336. The molecule has 10 heteroatoms. The molecule has 2 heterocycles. The molecule has 0 aromatic carbocycles. The lowest BCUT2D eigenvalue weighted by Crippen LogP contribution is -2.57. The smallest absolute Gasteiger partial charge is 0.314 e. The molecule has 23 heavy (non-hydrogen) atoms. The van der Waals surface area contributed by atoms with Gasteiger partial charge in [0.25, 0.3) is 0 Å². The maximum absolute atomic E-state index is 13.3. The number of thiophene rings is 1. The number of sulfonamides is 1. The van der Waals surface area contributed by atoms with Gasteiger partial charge in [0.15, 0.2) is 0 Å². The number of halogens is 3. The number of hydrogen-bond donors (Lipinski definition) is 2. The lowest BCUT2D eigenvalue weighted by Gasteiger charge is -2.35. The van der Waals surface area contributed by atoms with E-state index in [1.165, 1.54) is 11.0 Å². The van der Waals surface area contributed by atoms with Gasteiger partial charge >= 0.3 is 6.18 Å². The van der Waals surface area contributed by atoms with Gasteiger partial charge in [-0.2, -0.15) is 13.2 Å². The van der Waals surface area contributed by atoms with E-state index in [0.717, 1.165) is 21.8 Å². The first-order chi connectivity index (χ1) is 10.6. The number of piperazine rings is 1. The van der Waals surface area contributed by atoms with Crippen molar-refractivity contribution in [2.24, 2.45) is 0 Å². The minimum atomic E-state index is -4.48.